The van der Waals surface area contributed by atoms with Crippen molar-refractivity contribution in [3.05, 3.63) is 58.7 Å². The topological polar surface area (TPSA) is 36.1 Å². The maximum atomic E-state index is 3.76. The summed E-state index contributed by atoms with van der Waals surface area (Å²) in [5.41, 5.74) is 8.32. The molecular formula is C26H41N3. The maximum absolute atomic E-state index is 3.76. The second-order valence-corrected chi connectivity index (χ2v) is 8.07. The van der Waals surface area contributed by atoms with Crippen molar-refractivity contribution in [2.75, 3.05) is 23.7 Å². The number of benzene rings is 2. The standard InChI is InChI=1S/C26H41N3/c1-7-21-13-11-14-22(8-2)25(21)28-19(5)17-27-18-20(6)29-26-23(9-3)15-12-16-24(26)10-4/h11-16,19-20,27-29H,7-10,17-18H2,1-6H3. The van der Waals surface area contributed by atoms with E-state index in [-0.39, 0.29) is 0 Å². The summed E-state index contributed by atoms with van der Waals surface area (Å²) in [5.74, 6) is 0. The van der Waals surface area contributed by atoms with Gasteiger partial charge in [0.05, 0.1) is 0 Å². The van der Waals surface area contributed by atoms with Crippen LogP contribution in [0.4, 0.5) is 11.4 Å². The van der Waals surface area contributed by atoms with Gasteiger partial charge in [0.15, 0.2) is 0 Å². The second kappa shape index (κ2) is 11.9. The lowest BCUT2D eigenvalue weighted by Gasteiger charge is -2.24. The Morgan fingerprint density at radius 3 is 1.17 bits per heavy atom. The molecule has 0 aliphatic rings. The minimum absolute atomic E-state index is 0.384. The highest BCUT2D eigenvalue weighted by atomic mass is 15.0. The molecule has 2 aromatic rings. The lowest BCUT2D eigenvalue weighted by Crippen LogP contribution is -2.37. The molecule has 0 saturated carbocycles. The summed E-state index contributed by atoms with van der Waals surface area (Å²) in [5, 5.41) is 11.2. The molecule has 2 aromatic carbocycles. The predicted octanol–water partition coefficient (Wildman–Crippen LogP) is 5.83. The van der Waals surface area contributed by atoms with E-state index in [9.17, 15) is 0 Å². The second-order valence-electron chi connectivity index (χ2n) is 8.07. The van der Waals surface area contributed by atoms with Crippen molar-refractivity contribution in [1.82, 2.24) is 5.32 Å². The third-order valence-electron chi connectivity index (χ3n) is 5.68. The number of hydrogen-bond donors (Lipinski definition) is 3. The summed E-state index contributed by atoms with van der Waals surface area (Å²) in [6.07, 6.45) is 4.25. The summed E-state index contributed by atoms with van der Waals surface area (Å²) in [4.78, 5) is 0. The highest BCUT2D eigenvalue weighted by molar-refractivity contribution is 5.59. The molecule has 0 aliphatic heterocycles. The number of hydrogen-bond acceptors (Lipinski definition) is 3. The number of anilines is 2. The molecule has 0 aromatic heterocycles. The lowest BCUT2D eigenvalue weighted by molar-refractivity contribution is 0.596. The largest absolute Gasteiger partial charge is 0.381 e. The molecule has 0 bridgehead atoms. The summed E-state index contributed by atoms with van der Waals surface area (Å²) in [7, 11) is 0. The molecule has 0 radical (unpaired) electrons. The molecule has 0 amide bonds. The number of rotatable bonds is 12. The SMILES string of the molecule is CCc1cccc(CC)c1NC(C)CNCC(C)Nc1c(CC)cccc1CC. The van der Waals surface area contributed by atoms with Crippen molar-refractivity contribution in [2.24, 2.45) is 0 Å². The zero-order valence-electron chi connectivity index (χ0n) is 19.4. The van der Waals surface area contributed by atoms with Crippen LogP contribution >= 0.6 is 0 Å². The average molecular weight is 396 g/mol. The third-order valence-corrected chi connectivity index (χ3v) is 5.68. The molecule has 160 valence electrons. The number of para-hydroxylation sites is 2. The minimum Gasteiger partial charge on any atom is -0.381 e. The van der Waals surface area contributed by atoms with Gasteiger partial charge in [-0.25, -0.2) is 0 Å². The number of aryl methyl sites for hydroxylation is 4. The first kappa shape index (κ1) is 23.3. The molecule has 2 rings (SSSR count). The van der Waals surface area contributed by atoms with Crippen molar-refractivity contribution in [1.29, 1.82) is 0 Å². The zero-order chi connectivity index (χ0) is 21.2. The van der Waals surface area contributed by atoms with E-state index in [0.717, 1.165) is 38.8 Å². The van der Waals surface area contributed by atoms with Crippen LogP contribution in [0.25, 0.3) is 0 Å². The summed E-state index contributed by atoms with van der Waals surface area (Å²) < 4.78 is 0. The predicted molar refractivity (Wildman–Crippen MR) is 129 cm³/mol. The Bertz CT molecular complexity index is 646. The Balaban J connectivity index is 1.89. The average Bonchev–Trinajstić information content (AvgIpc) is 2.73. The summed E-state index contributed by atoms with van der Waals surface area (Å²) >= 11 is 0. The van der Waals surface area contributed by atoms with Gasteiger partial charge in [-0.2, -0.15) is 0 Å². The van der Waals surface area contributed by atoms with Gasteiger partial charge < -0.3 is 16.0 Å². The molecule has 0 aliphatic carbocycles. The molecule has 0 spiro atoms. The van der Waals surface area contributed by atoms with Gasteiger partial charge in [-0.1, -0.05) is 64.1 Å². The fraction of sp³-hybridized carbons (Fsp3) is 0.538. The van der Waals surface area contributed by atoms with Crippen molar-refractivity contribution in [3.63, 3.8) is 0 Å². The zero-order valence-corrected chi connectivity index (χ0v) is 19.4. The van der Waals surface area contributed by atoms with Gasteiger partial charge in [-0.3, -0.25) is 0 Å². The summed E-state index contributed by atoms with van der Waals surface area (Å²) in [6, 6.07) is 14.1. The first-order chi connectivity index (χ1) is 14.0. The van der Waals surface area contributed by atoms with Gasteiger partial charge in [0.2, 0.25) is 0 Å². The van der Waals surface area contributed by atoms with E-state index in [4.69, 9.17) is 0 Å². The van der Waals surface area contributed by atoms with E-state index in [2.05, 4.69) is 93.9 Å². The Morgan fingerprint density at radius 1 is 0.586 bits per heavy atom. The highest BCUT2D eigenvalue weighted by Gasteiger charge is 2.12. The van der Waals surface area contributed by atoms with E-state index in [1.54, 1.807) is 0 Å². The highest BCUT2D eigenvalue weighted by Crippen LogP contribution is 2.24. The fourth-order valence-corrected chi connectivity index (χ4v) is 3.97. The van der Waals surface area contributed by atoms with Crippen LogP contribution < -0.4 is 16.0 Å². The molecule has 2 atom stereocenters. The molecule has 2 unspecified atom stereocenters. The van der Waals surface area contributed by atoms with Crippen LogP contribution in [-0.2, 0) is 25.7 Å². The summed E-state index contributed by atoms with van der Waals surface area (Å²) in [6.45, 7) is 15.3. The van der Waals surface area contributed by atoms with Gasteiger partial charge in [0.1, 0.15) is 0 Å². The van der Waals surface area contributed by atoms with Gasteiger partial charge in [0, 0.05) is 36.5 Å². The fourth-order valence-electron chi connectivity index (χ4n) is 3.97. The van der Waals surface area contributed by atoms with Crippen molar-refractivity contribution >= 4 is 11.4 Å². The molecule has 3 N–H and O–H groups in total. The van der Waals surface area contributed by atoms with E-state index < -0.39 is 0 Å². The third kappa shape index (κ3) is 6.50. The monoisotopic (exact) mass is 395 g/mol. The molecule has 29 heavy (non-hydrogen) atoms. The Morgan fingerprint density at radius 2 is 0.897 bits per heavy atom. The smallest absolute Gasteiger partial charge is 0.0407 e. The molecule has 3 heteroatoms. The molecule has 0 heterocycles. The van der Waals surface area contributed by atoms with Gasteiger partial charge in [-0.15, -0.1) is 0 Å². The molecule has 0 saturated heterocycles. The quantitative estimate of drug-likeness (QED) is 0.423. The van der Waals surface area contributed by atoms with Crippen molar-refractivity contribution in [2.45, 2.75) is 79.3 Å². The minimum atomic E-state index is 0.384. The normalized spacial score (nSPS) is 13.2. The van der Waals surface area contributed by atoms with Crippen LogP contribution in [0.1, 0.15) is 63.8 Å². The molecule has 0 fully saturated rings. The Hall–Kier alpha value is -2.00. The van der Waals surface area contributed by atoms with Crippen LogP contribution in [0.2, 0.25) is 0 Å². The van der Waals surface area contributed by atoms with Crippen LogP contribution in [-0.4, -0.2) is 25.2 Å². The van der Waals surface area contributed by atoms with E-state index in [1.165, 1.54) is 33.6 Å². The Labute approximate surface area is 178 Å². The maximum Gasteiger partial charge on any atom is 0.0407 e. The van der Waals surface area contributed by atoms with Gasteiger partial charge >= 0.3 is 0 Å². The molecule has 3 nitrogen and oxygen atoms in total. The van der Waals surface area contributed by atoms with Crippen LogP contribution in [0.5, 0.6) is 0 Å². The van der Waals surface area contributed by atoms with Crippen molar-refractivity contribution < 1.29 is 0 Å². The van der Waals surface area contributed by atoms with E-state index >= 15 is 0 Å². The first-order valence-corrected chi connectivity index (χ1v) is 11.5. The Kier molecular flexibility index (Phi) is 9.53. The molecular weight excluding hydrogens is 354 g/mol. The van der Waals surface area contributed by atoms with Crippen LogP contribution in [0.15, 0.2) is 36.4 Å². The van der Waals surface area contributed by atoms with Gasteiger partial charge in [-0.05, 0) is 61.8 Å². The van der Waals surface area contributed by atoms with Crippen molar-refractivity contribution in [3.8, 4) is 0 Å². The number of nitrogens with one attached hydrogen (secondary N) is 3. The van der Waals surface area contributed by atoms with E-state index in [0.29, 0.717) is 12.1 Å². The van der Waals surface area contributed by atoms with Gasteiger partial charge in [0.25, 0.3) is 0 Å². The first-order valence-electron chi connectivity index (χ1n) is 11.5. The van der Waals surface area contributed by atoms with E-state index in [1.807, 2.05) is 0 Å². The lowest BCUT2D eigenvalue weighted by atomic mass is 10.0. The van der Waals surface area contributed by atoms with Crippen LogP contribution in [0, 0.1) is 0 Å². The van der Waals surface area contributed by atoms with Crippen LogP contribution in [0.3, 0.4) is 0 Å².